The molecule has 2 aliphatic heterocycles. The molecule has 1 amide bonds. The zero-order chi connectivity index (χ0) is 20.0. The topological polar surface area (TPSA) is 56.5 Å². The largest absolute Gasteiger partial charge is 0.383 e. The second-order valence-electron chi connectivity index (χ2n) is 8.14. The average Bonchev–Trinajstić information content (AvgIpc) is 3.11. The van der Waals surface area contributed by atoms with E-state index in [0.29, 0.717) is 44.4 Å². The van der Waals surface area contributed by atoms with Crippen LogP contribution in [0.15, 0.2) is 53.3 Å². The fraction of sp³-hybridized carbons (Fsp3) is 0.391. The number of rotatable bonds is 4. The number of carbonyl (C=O) groups excluding carboxylic acids is 1. The first-order chi connectivity index (χ1) is 14.2. The van der Waals surface area contributed by atoms with Gasteiger partial charge in [-0.25, -0.2) is 0 Å². The number of aromatic nitrogens is 2. The van der Waals surface area contributed by atoms with E-state index in [4.69, 9.17) is 4.74 Å². The molecule has 4 heterocycles. The number of pyridine rings is 1. The molecular weight excluding hydrogens is 366 g/mol. The van der Waals surface area contributed by atoms with E-state index >= 15 is 0 Å². The van der Waals surface area contributed by atoms with Crippen molar-refractivity contribution in [3.8, 4) is 0 Å². The molecule has 29 heavy (non-hydrogen) atoms. The van der Waals surface area contributed by atoms with Crippen molar-refractivity contribution < 1.29 is 9.53 Å². The molecule has 5 rings (SSSR count). The number of piperidine rings is 1. The van der Waals surface area contributed by atoms with Crippen molar-refractivity contribution in [2.75, 3.05) is 26.8 Å². The quantitative estimate of drug-likeness (QED) is 0.687. The maximum Gasteiger partial charge on any atom is 0.270 e. The van der Waals surface area contributed by atoms with Crippen LogP contribution < -0.4 is 5.56 Å². The molecule has 1 aromatic carbocycles. The van der Waals surface area contributed by atoms with Crippen LogP contribution in [0, 0.1) is 5.92 Å². The van der Waals surface area contributed by atoms with Gasteiger partial charge in [0.2, 0.25) is 0 Å². The Morgan fingerprint density at radius 2 is 1.97 bits per heavy atom. The predicted octanol–water partition coefficient (Wildman–Crippen LogP) is 2.71. The Hall–Kier alpha value is -2.86. The van der Waals surface area contributed by atoms with E-state index in [1.165, 1.54) is 0 Å². The molecule has 2 atom stereocenters. The van der Waals surface area contributed by atoms with Gasteiger partial charge in [0, 0.05) is 61.9 Å². The first-order valence-electron chi connectivity index (χ1n) is 10.2. The number of ether oxygens (including phenoxy) is 1. The van der Waals surface area contributed by atoms with E-state index in [0.717, 1.165) is 23.0 Å². The number of amides is 1. The standard InChI is InChI=1S/C23H25N3O3/c1-29-10-9-25-19-6-3-2-5-17(19)12-21(25)23(28)24-13-16-11-18(15-24)20-7-4-8-22(27)26(20)14-16/h2-8,12,16,18H,9-11,13-15H2,1H3/t16-,18+/m1/s1. The summed E-state index contributed by atoms with van der Waals surface area (Å²) in [6.45, 7) is 3.25. The van der Waals surface area contributed by atoms with Gasteiger partial charge in [-0.15, -0.1) is 0 Å². The fourth-order valence-corrected chi connectivity index (χ4v) is 5.04. The van der Waals surface area contributed by atoms with Crippen molar-refractivity contribution >= 4 is 16.8 Å². The van der Waals surface area contributed by atoms with Crippen LogP contribution in [0.25, 0.3) is 10.9 Å². The highest BCUT2D eigenvalue weighted by atomic mass is 16.5. The number of para-hydroxylation sites is 1. The molecule has 1 saturated heterocycles. The Balaban J connectivity index is 1.48. The number of benzene rings is 1. The van der Waals surface area contributed by atoms with Crippen LogP contribution in [0.1, 0.15) is 28.5 Å². The van der Waals surface area contributed by atoms with Crippen molar-refractivity contribution in [3.05, 3.63) is 70.3 Å². The lowest BCUT2D eigenvalue weighted by molar-refractivity contribution is 0.0582. The van der Waals surface area contributed by atoms with Gasteiger partial charge in [-0.1, -0.05) is 24.3 Å². The molecule has 0 saturated carbocycles. The molecule has 0 aliphatic carbocycles. The number of fused-ring (bicyclic) bond motifs is 5. The summed E-state index contributed by atoms with van der Waals surface area (Å²) in [4.78, 5) is 27.8. The molecule has 150 valence electrons. The van der Waals surface area contributed by atoms with E-state index < -0.39 is 0 Å². The molecule has 6 nitrogen and oxygen atoms in total. The summed E-state index contributed by atoms with van der Waals surface area (Å²) >= 11 is 0. The SMILES string of the molecule is COCCn1c(C(=O)N2C[C@H]3C[C@@H](C2)c2cccc(=O)n2C3)cc2ccccc21. The third-order valence-corrected chi connectivity index (χ3v) is 6.32. The van der Waals surface area contributed by atoms with Crippen molar-refractivity contribution in [1.82, 2.24) is 14.0 Å². The Labute approximate surface area is 169 Å². The van der Waals surface area contributed by atoms with Crippen molar-refractivity contribution in [2.45, 2.75) is 25.4 Å². The van der Waals surface area contributed by atoms with Crippen LogP contribution in [-0.4, -0.2) is 46.7 Å². The van der Waals surface area contributed by atoms with Gasteiger partial charge in [0.15, 0.2) is 0 Å². The van der Waals surface area contributed by atoms with Crippen LogP contribution in [0.3, 0.4) is 0 Å². The Bertz CT molecular complexity index is 1130. The molecule has 2 aliphatic rings. The number of hydrogen-bond acceptors (Lipinski definition) is 3. The predicted molar refractivity (Wildman–Crippen MR) is 111 cm³/mol. The highest BCUT2D eigenvalue weighted by Gasteiger charge is 2.37. The Kier molecular flexibility index (Phi) is 4.51. The third kappa shape index (κ3) is 3.08. The Morgan fingerprint density at radius 3 is 2.83 bits per heavy atom. The van der Waals surface area contributed by atoms with Gasteiger partial charge >= 0.3 is 0 Å². The van der Waals surface area contributed by atoms with Crippen molar-refractivity contribution in [2.24, 2.45) is 5.92 Å². The van der Waals surface area contributed by atoms with Gasteiger partial charge in [0.1, 0.15) is 5.69 Å². The number of likely N-dealkylation sites (tertiary alicyclic amines) is 1. The molecule has 0 spiro atoms. The first-order valence-corrected chi connectivity index (χ1v) is 10.2. The highest BCUT2D eigenvalue weighted by molar-refractivity contribution is 5.99. The maximum atomic E-state index is 13.6. The molecule has 0 radical (unpaired) electrons. The highest BCUT2D eigenvalue weighted by Crippen LogP contribution is 2.35. The van der Waals surface area contributed by atoms with Gasteiger partial charge in [-0.05, 0) is 30.5 Å². The van der Waals surface area contributed by atoms with Crippen molar-refractivity contribution in [1.29, 1.82) is 0 Å². The molecule has 2 aromatic heterocycles. The number of carbonyl (C=O) groups is 1. The van der Waals surface area contributed by atoms with Gasteiger partial charge in [0.05, 0.1) is 6.61 Å². The molecule has 3 aromatic rings. The zero-order valence-corrected chi connectivity index (χ0v) is 16.6. The van der Waals surface area contributed by atoms with Crippen LogP contribution in [0.2, 0.25) is 0 Å². The summed E-state index contributed by atoms with van der Waals surface area (Å²) < 4.78 is 9.25. The van der Waals surface area contributed by atoms with E-state index in [9.17, 15) is 9.59 Å². The minimum Gasteiger partial charge on any atom is -0.383 e. The molecule has 6 heteroatoms. The number of hydrogen-bond donors (Lipinski definition) is 0. The zero-order valence-electron chi connectivity index (χ0n) is 16.6. The van der Waals surface area contributed by atoms with Crippen LogP contribution in [0.5, 0.6) is 0 Å². The minimum atomic E-state index is 0.0664. The van der Waals surface area contributed by atoms with Gasteiger partial charge in [0.25, 0.3) is 11.5 Å². The second-order valence-corrected chi connectivity index (χ2v) is 8.14. The monoisotopic (exact) mass is 391 g/mol. The molecular formula is C23H25N3O3. The lowest BCUT2D eigenvalue weighted by Crippen LogP contribution is -2.49. The smallest absolute Gasteiger partial charge is 0.270 e. The summed E-state index contributed by atoms with van der Waals surface area (Å²) in [5.41, 5.74) is 2.90. The first kappa shape index (κ1) is 18.2. The normalized spacial score (nSPS) is 20.7. The molecule has 0 unspecified atom stereocenters. The molecule has 2 bridgehead atoms. The molecule has 1 fully saturated rings. The van der Waals surface area contributed by atoms with Crippen LogP contribution in [0.4, 0.5) is 0 Å². The fourth-order valence-electron chi connectivity index (χ4n) is 5.04. The third-order valence-electron chi connectivity index (χ3n) is 6.32. The van der Waals surface area contributed by atoms with Gasteiger partial charge < -0.3 is 18.8 Å². The minimum absolute atomic E-state index is 0.0664. The lowest BCUT2D eigenvalue weighted by atomic mass is 9.83. The summed E-state index contributed by atoms with van der Waals surface area (Å²) in [6, 6.07) is 15.6. The van der Waals surface area contributed by atoms with E-state index in [-0.39, 0.29) is 17.4 Å². The summed E-state index contributed by atoms with van der Waals surface area (Å²) in [6.07, 6.45) is 1.04. The van der Waals surface area contributed by atoms with E-state index in [1.807, 2.05) is 45.9 Å². The van der Waals surface area contributed by atoms with Crippen molar-refractivity contribution in [3.63, 3.8) is 0 Å². The average molecular weight is 391 g/mol. The number of nitrogens with zero attached hydrogens (tertiary/aromatic N) is 3. The van der Waals surface area contributed by atoms with Gasteiger partial charge in [-0.3, -0.25) is 9.59 Å². The summed E-state index contributed by atoms with van der Waals surface area (Å²) in [7, 11) is 1.68. The van der Waals surface area contributed by atoms with E-state index in [1.54, 1.807) is 13.2 Å². The van der Waals surface area contributed by atoms with Crippen LogP contribution >= 0.6 is 0 Å². The summed E-state index contributed by atoms with van der Waals surface area (Å²) in [5, 5.41) is 1.07. The second kappa shape index (κ2) is 7.19. The lowest BCUT2D eigenvalue weighted by Gasteiger charge is -2.42. The van der Waals surface area contributed by atoms with E-state index in [2.05, 4.69) is 10.6 Å². The summed E-state index contributed by atoms with van der Waals surface area (Å²) in [5.74, 6) is 0.609. The maximum absolute atomic E-state index is 13.6. The molecule has 0 N–H and O–H groups in total. The number of methoxy groups -OCH3 is 1. The van der Waals surface area contributed by atoms with Gasteiger partial charge in [-0.2, -0.15) is 0 Å². The van der Waals surface area contributed by atoms with Crippen LogP contribution in [-0.2, 0) is 17.8 Å². The Morgan fingerprint density at radius 1 is 1.10 bits per heavy atom.